The van der Waals surface area contributed by atoms with Crippen LogP contribution in [0.25, 0.3) is 11.1 Å². The molecule has 2 aliphatic carbocycles. The second-order valence-electron chi connectivity index (χ2n) is 7.51. The number of hydrogen-bond acceptors (Lipinski definition) is 2. The molecule has 0 saturated carbocycles. The third-order valence-electron chi connectivity index (χ3n) is 6.15. The SMILES string of the molecule is [O-]C1=N[N+](=C2c3ccccc3-c3ccccc32)C2CCc3ccccc3C12. The van der Waals surface area contributed by atoms with Crippen molar-refractivity contribution < 1.29 is 9.79 Å². The minimum absolute atomic E-state index is 0.0125. The van der Waals surface area contributed by atoms with Gasteiger partial charge in [-0.1, -0.05) is 65.3 Å². The molecule has 130 valence electrons. The molecule has 0 N–H and O–H groups in total. The average molecular weight is 350 g/mol. The molecule has 1 heterocycles. The van der Waals surface area contributed by atoms with Gasteiger partial charge in [0.2, 0.25) is 5.71 Å². The molecule has 0 saturated heterocycles. The molecule has 0 radical (unpaired) electrons. The van der Waals surface area contributed by atoms with Crippen molar-refractivity contribution in [3.8, 4) is 11.1 Å². The summed E-state index contributed by atoms with van der Waals surface area (Å²) in [6, 6.07) is 25.3. The van der Waals surface area contributed by atoms with Gasteiger partial charge in [-0.15, -0.1) is 0 Å². The molecule has 3 aromatic rings. The van der Waals surface area contributed by atoms with Crippen molar-refractivity contribution in [2.45, 2.75) is 24.8 Å². The van der Waals surface area contributed by atoms with Crippen LogP contribution in [-0.4, -0.2) is 22.3 Å². The zero-order valence-electron chi connectivity index (χ0n) is 14.8. The maximum Gasteiger partial charge on any atom is 0.247 e. The van der Waals surface area contributed by atoms with E-state index in [2.05, 4.69) is 71.8 Å². The topological polar surface area (TPSA) is 38.4 Å². The average Bonchev–Trinajstić information content (AvgIpc) is 3.23. The number of aryl methyl sites for hydroxylation is 1. The fourth-order valence-corrected chi connectivity index (χ4v) is 5.00. The van der Waals surface area contributed by atoms with E-state index in [1.165, 1.54) is 27.8 Å². The quantitative estimate of drug-likeness (QED) is 0.449. The van der Waals surface area contributed by atoms with Crippen molar-refractivity contribution in [2.75, 3.05) is 0 Å². The zero-order chi connectivity index (χ0) is 18.0. The molecule has 3 nitrogen and oxygen atoms in total. The molecule has 0 amide bonds. The number of nitrogens with zero attached hydrogens (tertiary/aromatic N) is 2. The normalized spacial score (nSPS) is 22.0. The van der Waals surface area contributed by atoms with E-state index >= 15 is 0 Å². The summed E-state index contributed by atoms with van der Waals surface area (Å²) in [5.41, 5.74) is 8.34. The van der Waals surface area contributed by atoms with Gasteiger partial charge in [-0.2, -0.15) is 0 Å². The van der Waals surface area contributed by atoms with Crippen molar-refractivity contribution in [3.05, 3.63) is 95.1 Å². The van der Waals surface area contributed by atoms with Crippen LogP contribution in [0.4, 0.5) is 0 Å². The van der Waals surface area contributed by atoms with Crippen LogP contribution in [0.3, 0.4) is 0 Å². The molecular formula is C24H18N2O. The standard InChI is InChI=1S/C24H18N2O/c27-24-22-16-8-2-1-7-15(16)13-14-21(22)26(25-24)23-19-11-5-3-9-17(19)18-10-4-6-12-20(18)23/h1-12,21-22H,13-14H2. The van der Waals surface area contributed by atoms with Crippen molar-refractivity contribution >= 4 is 11.6 Å². The van der Waals surface area contributed by atoms with Gasteiger partial charge >= 0.3 is 0 Å². The van der Waals surface area contributed by atoms with Gasteiger partial charge in [-0.25, -0.2) is 0 Å². The molecule has 6 rings (SSSR count). The second kappa shape index (κ2) is 5.40. The van der Waals surface area contributed by atoms with Gasteiger partial charge in [0, 0.05) is 12.3 Å². The minimum atomic E-state index is -0.151. The van der Waals surface area contributed by atoms with Gasteiger partial charge in [-0.05, 0) is 45.9 Å². The zero-order valence-corrected chi connectivity index (χ0v) is 14.8. The first-order valence-corrected chi connectivity index (χ1v) is 9.51. The van der Waals surface area contributed by atoms with Gasteiger partial charge in [0.05, 0.1) is 17.0 Å². The molecule has 3 aliphatic rings. The molecule has 1 aliphatic heterocycles. The predicted molar refractivity (Wildman–Crippen MR) is 104 cm³/mol. The van der Waals surface area contributed by atoms with Gasteiger partial charge in [0.25, 0.3) is 0 Å². The Morgan fingerprint density at radius 2 is 1.37 bits per heavy atom. The van der Waals surface area contributed by atoms with Crippen molar-refractivity contribution in [1.29, 1.82) is 0 Å². The van der Waals surface area contributed by atoms with E-state index in [0.717, 1.165) is 24.1 Å². The monoisotopic (exact) mass is 350 g/mol. The first-order valence-electron chi connectivity index (χ1n) is 9.51. The van der Waals surface area contributed by atoms with E-state index in [1.54, 1.807) is 0 Å². The van der Waals surface area contributed by atoms with Crippen LogP contribution in [0.5, 0.6) is 0 Å². The summed E-state index contributed by atoms with van der Waals surface area (Å²) in [4.78, 5) is 0. The van der Waals surface area contributed by atoms with E-state index in [-0.39, 0.29) is 17.9 Å². The summed E-state index contributed by atoms with van der Waals surface area (Å²) >= 11 is 0. The highest BCUT2D eigenvalue weighted by Gasteiger charge is 2.46. The predicted octanol–water partition coefficient (Wildman–Crippen LogP) is 3.30. The first-order chi connectivity index (χ1) is 13.3. The lowest BCUT2D eigenvalue weighted by atomic mass is 9.79. The number of fused-ring (bicyclic) bond motifs is 6. The fraction of sp³-hybridized carbons (Fsp3) is 0.167. The highest BCUT2D eigenvalue weighted by Crippen LogP contribution is 2.41. The fourth-order valence-electron chi connectivity index (χ4n) is 5.00. The molecule has 27 heavy (non-hydrogen) atoms. The summed E-state index contributed by atoms with van der Waals surface area (Å²) < 4.78 is 2.04. The Labute approximate surface area is 157 Å². The molecule has 0 fully saturated rings. The van der Waals surface area contributed by atoms with Gasteiger partial charge in [0.15, 0.2) is 6.04 Å². The van der Waals surface area contributed by atoms with Crippen LogP contribution >= 0.6 is 0 Å². The Balaban J connectivity index is 1.61. The largest absolute Gasteiger partial charge is 0.857 e. The molecule has 3 aromatic carbocycles. The lowest BCUT2D eigenvalue weighted by Gasteiger charge is -2.26. The van der Waals surface area contributed by atoms with Crippen LogP contribution in [0.15, 0.2) is 77.9 Å². The number of benzene rings is 3. The van der Waals surface area contributed by atoms with E-state index < -0.39 is 0 Å². The van der Waals surface area contributed by atoms with Crippen molar-refractivity contribution in [3.63, 3.8) is 0 Å². The van der Waals surface area contributed by atoms with Gasteiger partial charge in [-0.3, -0.25) is 0 Å². The molecule has 2 unspecified atom stereocenters. The summed E-state index contributed by atoms with van der Waals surface area (Å²) in [6.07, 6.45) is 1.94. The van der Waals surface area contributed by atoms with Crippen LogP contribution < -0.4 is 5.11 Å². The van der Waals surface area contributed by atoms with Gasteiger partial charge < -0.3 is 5.11 Å². The smallest absolute Gasteiger partial charge is 0.247 e. The lowest BCUT2D eigenvalue weighted by Crippen LogP contribution is -2.36. The summed E-state index contributed by atoms with van der Waals surface area (Å²) in [5.74, 6) is -0.163. The Morgan fingerprint density at radius 3 is 2.07 bits per heavy atom. The summed E-state index contributed by atoms with van der Waals surface area (Å²) in [7, 11) is 0. The van der Waals surface area contributed by atoms with E-state index in [1.807, 2.05) is 10.8 Å². The molecule has 0 aromatic heterocycles. The highest BCUT2D eigenvalue weighted by molar-refractivity contribution is 6.22. The second-order valence-corrected chi connectivity index (χ2v) is 7.51. The molecule has 2 atom stereocenters. The van der Waals surface area contributed by atoms with E-state index in [4.69, 9.17) is 0 Å². The Bertz CT molecular complexity index is 1110. The maximum atomic E-state index is 12.9. The Kier molecular flexibility index (Phi) is 2.98. The summed E-state index contributed by atoms with van der Waals surface area (Å²) in [6.45, 7) is 0. The first kappa shape index (κ1) is 14.9. The molecule has 3 heteroatoms. The third-order valence-corrected chi connectivity index (χ3v) is 6.15. The Hall–Kier alpha value is -3.20. The van der Waals surface area contributed by atoms with Crippen LogP contribution in [0.2, 0.25) is 0 Å². The number of hydrogen-bond donors (Lipinski definition) is 0. The molecular weight excluding hydrogens is 332 g/mol. The van der Waals surface area contributed by atoms with E-state index in [0.29, 0.717) is 0 Å². The third kappa shape index (κ3) is 1.97. The molecule has 0 bridgehead atoms. The number of hydrazone groups is 1. The highest BCUT2D eigenvalue weighted by atomic mass is 16.3. The minimum Gasteiger partial charge on any atom is -0.857 e. The van der Waals surface area contributed by atoms with Crippen LogP contribution in [0, 0.1) is 0 Å². The number of rotatable bonds is 0. The lowest BCUT2D eigenvalue weighted by molar-refractivity contribution is -0.564. The van der Waals surface area contributed by atoms with Crippen molar-refractivity contribution in [2.24, 2.45) is 5.10 Å². The Morgan fingerprint density at radius 1 is 0.778 bits per heavy atom. The maximum absolute atomic E-state index is 12.9. The molecule has 0 spiro atoms. The van der Waals surface area contributed by atoms with Crippen LogP contribution in [-0.2, 0) is 6.42 Å². The van der Waals surface area contributed by atoms with Crippen LogP contribution in [0.1, 0.15) is 34.6 Å². The van der Waals surface area contributed by atoms with Crippen molar-refractivity contribution in [1.82, 2.24) is 0 Å². The van der Waals surface area contributed by atoms with E-state index in [9.17, 15) is 5.11 Å². The van der Waals surface area contributed by atoms with Gasteiger partial charge in [0.1, 0.15) is 0 Å². The summed E-state index contributed by atoms with van der Waals surface area (Å²) in [5, 5.41) is 17.5.